The van der Waals surface area contributed by atoms with Crippen molar-refractivity contribution >= 4 is 11.9 Å². The lowest BCUT2D eigenvalue weighted by atomic mass is 10.1. The second-order valence-electron chi connectivity index (χ2n) is 6.09. The third-order valence-electron chi connectivity index (χ3n) is 3.99. The monoisotopic (exact) mass is 371 g/mol. The zero-order chi connectivity index (χ0) is 19.6. The normalized spacial score (nSPS) is 10.3. The first-order valence-corrected chi connectivity index (χ1v) is 8.92. The minimum absolute atomic E-state index is 0.117. The van der Waals surface area contributed by atoms with Gasteiger partial charge in [0.1, 0.15) is 0 Å². The van der Waals surface area contributed by atoms with Crippen LogP contribution in [-0.2, 0) is 11.2 Å². The van der Waals surface area contributed by atoms with E-state index in [2.05, 4.69) is 12.1 Å². The molecule has 0 aliphatic heterocycles. The van der Waals surface area contributed by atoms with Crippen molar-refractivity contribution in [2.24, 2.45) is 0 Å². The van der Waals surface area contributed by atoms with Crippen molar-refractivity contribution in [3.05, 3.63) is 59.7 Å². The first kappa shape index (κ1) is 20.3. The fourth-order valence-electron chi connectivity index (χ4n) is 2.66. The molecule has 1 N–H and O–H groups in total. The minimum Gasteiger partial charge on any atom is -0.490 e. The molecule has 2 aromatic rings. The SMILES string of the molecule is CCOc1cc(C(=O)N(C)CCCc2ccccc2)ccc1OCC(=O)O. The van der Waals surface area contributed by atoms with Crippen LogP contribution in [0.3, 0.4) is 0 Å². The van der Waals surface area contributed by atoms with Crippen LogP contribution in [-0.4, -0.2) is 48.7 Å². The Morgan fingerprint density at radius 2 is 1.78 bits per heavy atom. The molecule has 0 aliphatic rings. The summed E-state index contributed by atoms with van der Waals surface area (Å²) in [4.78, 5) is 25.0. The van der Waals surface area contributed by atoms with Gasteiger partial charge in [-0.15, -0.1) is 0 Å². The van der Waals surface area contributed by atoms with Crippen molar-refractivity contribution in [3.8, 4) is 11.5 Å². The Balaban J connectivity index is 1.99. The van der Waals surface area contributed by atoms with Gasteiger partial charge in [-0.25, -0.2) is 4.79 Å². The minimum atomic E-state index is -1.07. The van der Waals surface area contributed by atoms with Gasteiger partial charge in [0.25, 0.3) is 5.91 Å². The van der Waals surface area contributed by atoms with E-state index in [1.807, 2.05) is 25.1 Å². The van der Waals surface area contributed by atoms with Gasteiger partial charge in [-0.1, -0.05) is 30.3 Å². The summed E-state index contributed by atoms with van der Waals surface area (Å²) in [6, 6.07) is 14.9. The Morgan fingerprint density at radius 1 is 1.04 bits per heavy atom. The summed E-state index contributed by atoms with van der Waals surface area (Å²) in [5.41, 5.74) is 1.72. The number of carboxylic acids is 1. The average molecular weight is 371 g/mol. The van der Waals surface area contributed by atoms with E-state index in [-0.39, 0.29) is 5.91 Å². The highest BCUT2D eigenvalue weighted by Crippen LogP contribution is 2.29. The molecule has 6 heteroatoms. The van der Waals surface area contributed by atoms with E-state index in [9.17, 15) is 9.59 Å². The lowest BCUT2D eigenvalue weighted by Crippen LogP contribution is -2.28. The number of carboxylic acid groups (broad SMARTS) is 1. The van der Waals surface area contributed by atoms with Gasteiger partial charge in [0.05, 0.1) is 6.61 Å². The second-order valence-corrected chi connectivity index (χ2v) is 6.09. The molecule has 27 heavy (non-hydrogen) atoms. The maximum absolute atomic E-state index is 12.7. The van der Waals surface area contributed by atoms with Crippen LogP contribution in [0.4, 0.5) is 0 Å². The number of rotatable bonds is 10. The van der Waals surface area contributed by atoms with Crippen LogP contribution in [0.2, 0.25) is 0 Å². The van der Waals surface area contributed by atoms with Crippen LogP contribution in [0.5, 0.6) is 11.5 Å². The molecule has 0 spiro atoms. The summed E-state index contributed by atoms with van der Waals surface area (Å²) in [5, 5.41) is 8.75. The van der Waals surface area contributed by atoms with Gasteiger partial charge in [0.15, 0.2) is 18.1 Å². The molecule has 6 nitrogen and oxygen atoms in total. The van der Waals surface area contributed by atoms with Crippen molar-refractivity contribution in [3.63, 3.8) is 0 Å². The summed E-state index contributed by atoms with van der Waals surface area (Å²) in [6.45, 7) is 2.36. The fourth-order valence-corrected chi connectivity index (χ4v) is 2.66. The third kappa shape index (κ3) is 6.33. The van der Waals surface area contributed by atoms with Crippen molar-refractivity contribution in [1.29, 1.82) is 0 Å². The number of carbonyl (C=O) groups excluding carboxylic acids is 1. The Bertz CT molecular complexity index is 760. The Morgan fingerprint density at radius 3 is 2.44 bits per heavy atom. The van der Waals surface area contributed by atoms with Gasteiger partial charge in [-0.05, 0) is 43.5 Å². The number of aliphatic carboxylic acids is 1. The Kier molecular flexibility index (Phi) is 7.67. The average Bonchev–Trinajstić information content (AvgIpc) is 2.67. The molecular weight excluding hydrogens is 346 g/mol. The molecular formula is C21H25NO5. The summed E-state index contributed by atoms with van der Waals surface area (Å²) in [6.07, 6.45) is 1.77. The molecule has 0 radical (unpaired) electrons. The molecule has 0 heterocycles. The summed E-state index contributed by atoms with van der Waals surface area (Å²) in [5.74, 6) is -0.519. The van der Waals surface area contributed by atoms with Gasteiger partial charge in [0, 0.05) is 19.2 Å². The zero-order valence-corrected chi connectivity index (χ0v) is 15.7. The third-order valence-corrected chi connectivity index (χ3v) is 3.99. The number of hydrogen-bond donors (Lipinski definition) is 1. The van der Waals surface area contributed by atoms with Crippen LogP contribution >= 0.6 is 0 Å². The lowest BCUT2D eigenvalue weighted by molar-refractivity contribution is -0.139. The zero-order valence-electron chi connectivity index (χ0n) is 15.7. The quantitative estimate of drug-likeness (QED) is 0.694. The fraction of sp³-hybridized carbons (Fsp3) is 0.333. The van der Waals surface area contributed by atoms with Crippen molar-refractivity contribution in [2.75, 3.05) is 26.8 Å². The van der Waals surface area contributed by atoms with Crippen molar-refractivity contribution in [1.82, 2.24) is 4.90 Å². The van der Waals surface area contributed by atoms with Crippen LogP contribution < -0.4 is 9.47 Å². The molecule has 2 rings (SSSR count). The standard InChI is InChI=1S/C21H25NO5/c1-3-26-19-14-17(11-12-18(19)27-15-20(23)24)21(25)22(2)13-7-10-16-8-5-4-6-9-16/h4-6,8-9,11-12,14H,3,7,10,13,15H2,1-2H3,(H,23,24). The predicted octanol–water partition coefficient (Wildman–Crippen LogP) is 3.25. The molecule has 2 aromatic carbocycles. The van der Waals surface area contributed by atoms with Gasteiger partial charge < -0.3 is 19.5 Å². The molecule has 0 bridgehead atoms. The predicted molar refractivity (Wildman–Crippen MR) is 102 cm³/mol. The number of carbonyl (C=O) groups is 2. The van der Waals surface area contributed by atoms with E-state index in [4.69, 9.17) is 14.6 Å². The summed E-state index contributed by atoms with van der Waals surface area (Å²) < 4.78 is 10.7. The van der Waals surface area contributed by atoms with Crippen molar-refractivity contribution in [2.45, 2.75) is 19.8 Å². The molecule has 0 aromatic heterocycles. The largest absolute Gasteiger partial charge is 0.490 e. The molecule has 0 fully saturated rings. The number of aryl methyl sites for hydroxylation is 1. The Hall–Kier alpha value is -3.02. The van der Waals surface area contributed by atoms with Crippen LogP contribution in [0, 0.1) is 0 Å². The number of benzene rings is 2. The number of hydrogen-bond acceptors (Lipinski definition) is 4. The van der Waals surface area contributed by atoms with Crippen LogP contribution in [0.15, 0.2) is 48.5 Å². The van der Waals surface area contributed by atoms with Gasteiger partial charge in [0.2, 0.25) is 0 Å². The first-order chi connectivity index (χ1) is 13.0. The highest BCUT2D eigenvalue weighted by molar-refractivity contribution is 5.94. The maximum Gasteiger partial charge on any atom is 0.341 e. The lowest BCUT2D eigenvalue weighted by Gasteiger charge is -2.18. The number of ether oxygens (including phenoxy) is 2. The molecule has 0 unspecified atom stereocenters. The van der Waals surface area contributed by atoms with Crippen LogP contribution in [0.1, 0.15) is 29.3 Å². The summed E-state index contributed by atoms with van der Waals surface area (Å²) in [7, 11) is 1.77. The summed E-state index contributed by atoms with van der Waals surface area (Å²) >= 11 is 0. The molecule has 1 amide bonds. The molecule has 144 valence electrons. The molecule has 0 aliphatic carbocycles. The first-order valence-electron chi connectivity index (χ1n) is 8.92. The molecule has 0 saturated carbocycles. The number of nitrogens with zero attached hydrogens (tertiary/aromatic N) is 1. The second kappa shape index (κ2) is 10.2. The van der Waals surface area contributed by atoms with Gasteiger partial charge >= 0.3 is 5.97 Å². The maximum atomic E-state index is 12.7. The van der Waals surface area contributed by atoms with Crippen LogP contribution in [0.25, 0.3) is 0 Å². The van der Waals surface area contributed by atoms with E-state index in [0.717, 1.165) is 12.8 Å². The van der Waals surface area contributed by atoms with E-state index in [1.165, 1.54) is 5.56 Å². The van der Waals surface area contributed by atoms with Gasteiger partial charge in [-0.2, -0.15) is 0 Å². The van der Waals surface area contributed by atoms with E-state index in [0.29, 0.717) is 30.2 Å². The van der Waals surface area contributed by atoms with Crippen molar-refractivity contribution < 1.29 is 24.2 Å². The van der Waals surface area contributed by atoms with E-state index >= 15 is 0 Å². The topological polar surface area (TPSA) is 76.1 Å². The van der Waals surface area contributed by atoms with Gasteiger partial charge in [-0.3, -0.25) is 4.79 Å². The highest BCUT2D eigenvalue weighted by atomic mass is 16.5. The molecule has 0 saturated heterocycles. The molecule has 0 atom stereocenters. The highest BCUT2D eigenvalue weighted by Gasteiger charge is 2.15. The Labute approximate surface area is 159 Å². The van der Waals surface area contributed by atoms with E-state index in [1.54, 1.807) is 30.1 Å². The number of amides is 1. The smallest absolute Gasteiger partial charge is 0.341 e. The van der Waals surface area contributed by atoms with E-state index < -0.39 is 12.6 Å².